The lowest BCUT2D eigenvalue weighted by molar-refractivity contribution is -0.385. The van der Waals surface area contributed by atoms with Gasteiger partial charge in [-0.3, -0.25) is 15.5 Å². The van der Waals surface area contributed by atoms with Gasteiger partial charge in [0.25, 0.3) is 5.69 Å². The molecule has 0 bridgehead atoms. The minimum atomic E-state index is -0.486. The number of anilines is 1. The molecule has 0 atom stereocenters. The van der Waals surface area contributed by atoms with Crippen LogP contribution in [0.1, 0.15) is 22.5 Å². The van der Waals surface area contributed by atoms with Crippen molar-refractivity contribution < 1.29 is 4.92 Å². The summed E-state index contributed by atoms with van der Waals surface area (Å²) in [7, 11) is 0. The number of nitrogens with one attached hydrogen (secondary N) is 1. The fourth-order valence-corrected chi connectivity index (χ4v) is 2.81. The lowest BCUT2D eigenvalue weighted by atomic mass is 10.2. The fraction of sp³-hybridized carbons (Fsp3) is 0.158. The second kappa shape index (κ2) is 7.18. The zero-order valence-corrected chi connectivity index (χ0v) is 14.8. The van der Waals surface area contributed by atoms with E-state index in [-0.39, 0.29) is 5.69 Å². The molecule has 2 aromatic heterocycles. The van der Waals surface area contributed by atoms with Gasteiger partial charge in [-0.05, 0) is 50.6 Å². The van der Waals surface area contributed by atoms with Gasteiger partial charge in [0.1, 0.15) is 12.0 Å². The molecule has 0 saturated carbocycles. The molecule has 0 unspecified atom stereocenters. The van der Waals surface area contributed by atoms with E-state index in [2.05, 4.69) is 58.2 Å². The maximum atomic E-state index is 10.6. The van der Waals surface area contributed by atoms with Crippen LogP contribution in [0.3, 0.4) is 0 Å². The van der Waals surface area contributed by atoms with Gasteiger partial charge in [0, 0.05) is 28.7 Å². The minimum absolute atomic E-state index is 0.0544. The van der Waals surface area contributed by atoms with Crippen LogP contribution in [0.5, 0.6) is 0 Å². The first-order chi connectivity index (χ1) is 12.5. The highest BCUT2D eigenvalue weighted by atomic mass is 16.6. The van der Waals surface area contributed by atoms with Crippen molar-refractivity contribution in [2.45, 2.75) is 20.8 Å². The van der Waals surface area contributed by atoms with E-state index < -0.39 is 4.92 Å². The summed E-state index contributed by atoms with van der Waals surface area (Å²) < 4.78 is 2.18. The summed E-state index contributed by atoms with van der Waals surface area (Å²) in [4.78, 5) is 14.1. The predicted molar refractivity (Wildman–Crippen MR) is 102 cm³/mol. The zero-order chi connectivity index (χ0) is 18.7. The summed E-state index contributed by atoms with van der Waals surface area (Å²) in [6.07, 6.45) is 2.92. The number of aryl methyl sites for hydroxylation is 2. The number of aromatic nitrogens is 2. The largest absolute Gasteiger partial charge is 0.318 e. The van der Waals surface area contributed by atoms with Crippen molar-refractivity contribution >= 4 is 17.7 Å². The van der Waals surface area contributed by atoms with Gasteiger partial charge in [-0.2, -0.15) is 5.10 Å². The molecule has 0 radical (unpaired) electrons. The van der Waals surface area contributed by atoms with Crippen LogP contribution in [0.4, 0.5) is 11.5 Å². The third kappa shape index (κ3) is 3.61. The van der Waals surface area contributed by atoms with Crippen LogP contribution in [0.25, 0.3) is 5.69 Å². The molecule has 3 rings (SSSR count). The van der Waals surface area contributed by atoms with Crippen molar-refractivity contribution in [3.8, 4) is 5.69 Å². The Kier molecular flexibility index (Phi) is 4.79. The van der Waals surface area contributed by atoms with Gasteiger partial charge >= 0.3 is 0 Å². The van der Waals surface area contributed by atoms with Crippen LogP contribution in [0.2, 0.25) is 0 Å². The van der Waals surface area contributed by atoms with Gasteiger partial charge < -0.3 is 4.57 Å². The van der Waals surface area contributed by atoms with E-state index in [1.807, 2.05) is 13.0 Å². The van der Waals surface area contributed by atoms with E-state index in [9.17, 15) is 10.1 Å². The van der Waals surface area contributed by atoms with Crippen LogP contribution < -0.4 is 5.43 Å². The first-order valence-electron chi connectivity index (χ1n) is 8.11. The van der Waals surface area contributed by atoms with E-state index in [4.69, 9.17) is 0 Å². The molecule has 132 valence electrons. The highest BCUT2D eigenvalue weighted by Gasteiger charge is 2.09. The Morgan fingerprint density at radius 1 is 1.19 bits per heavy atom. The summed E-state index contributed by atoms with van der Waals surface area (Å²) in [5.41, 5.74) is 8.23. The van der Waals surface area contributed by atoms with Gasteiger partial charge in [-0.25, -0.2) is 4.98 Å². The lowest BCUT2D eigenvalue weighted by Crippen LogP contribution is -2.00. The minimum Gasteiger partial charge on any atom is -0.318 e. The molecular formula is C19H19N5O2. The molecule has 0 aliphatic carbocycles. The smallest absolute Gasteiger partial charge is 0.287 e. The number of hydrogen-bond acceptors (Lipinski definition) is 5. The molecule has 1 N–H and O–H groups in total. The van der Waals surface area contributed by atoms with Gasteiger partial charge in [0.2, 0.25) is 0 Å². The van der Waals surface area contributed by atoms with Crippen molar-refractivity contribution in [2.24, 2.45) is 5.10 Å². The Hall–Kier alpha value is -3.48. The standard InChI is InChI=1S/C19H19N5O2/c1-13-5-4-6-17(9-13)23-14(2)10-16(15(23)3)11-21-22-19-8-7-18(12-20-19)24(25)26/h4-12H,1-3H3,(H,20,22)/b21-11+. The molecule has 7 heteroatoms. The number of pyridine rings is 1. The normalized spacial score (nSPS) is 11.0. The van der Waals surface area contributed by atoms with Gasteiger partial charge in [0.15, 0.2) is 0 Å². The summed E-state index contributed by atoms with van der Waals surface area (Å²) in [6, 6.07) is 13.3. The molecule has 0 fully saturated rings. The Labute approximate surface area is 151 Å². The molecule has 0 amide bonds. The van der Waals surface area contributed by atoms with Crippen molar-refractivity contribution in [3.63, 3.8) is 0 Å². The van der Waals surface area contributed by atoms with E-state index in [0.29, 0.717) is 5.82 Å². The average molecular weight is 349 g/mol. The number of nitrogens with zero attached hydrogens (tertiary/aromatic N) is 4. The van der Waals surface area contributed by atoms with Crippen LogP contribution in [-0.4, -0.2) is 20.7 Å². The summed E-state index contributed by atoms with van der Waals surface area (Å²) in [5, 5.41) is 14.8. The van der Waals surface area contributed by atoms with Crippen LogP contribution in [0, 0.1) is 30.9 Å². The SMILES string of the molecule is Cc1cccc(-n2c(C)cc(/C=N/Nc3ccc([N+](=O)[O-])cn3)c2C)c1. The monoisotopic (exact) mass is 349 g/mol. The highest BCUT2D eigenvalue weighted by molar-refractivity contribution is 5.82. The number of hydrazone groups is 1. The number of hydrogen-bond donors (Lipinski definition) is 1. The molecule has 1 aromatic carbocycles. The topological polar surface area (TPSA) is 85.3 Å². The third-order valence-corrected chi connectivity index (χ3v) is 4.07. The van der Waals surface area contributed by atoms with Crippen LogP contribution in [-0.2, 0) is 0 Å². The van der Waals surface area contributed by atoms with Gasteiger partial charge in [0.05, 0.1) is 11.1 Å². The van der Waals surface area contributed by atoms with E-state index >= 15 is 0 Å². The van der Waals surface area contributed by atoms with Crippen molar-refractivity contribution in [2.75, 3.05) is 5.43 Å². The van der Waals surface area contributed by atoms with Crippen molar-refractivity contribution in [1.29, 1.82) is 0 Å². The van der Waals surface area contributed by atoms with Crippen molar-refractivity contribution in [1.82, 2.24) is 9.55 Å². The highest BCUT2D eigenvalue weighted by Crippen LogP contribution is 2.20. The molecule has 0 spiro atoms. The van der Waals surface area contributed by atoms with E-state index in [1.165, 1.54) is 23.9 Å². The maximum absolute atomic E-state index is 10.6. The third-order valence-electron chi connectivity index (χ3n) is 4.07. The van der Waals surface area contributed by atoms with Gasteiger partial charge in [-0.15, -0.1) is 0 Å². The first-order valence-corrected chi connectivity index (χ1v) is 8.11. The summed E-state index contributed by atoms with van der Waals surface area (Å²) in [6.45, 7) is 6.17. The number of rotatable bonds is 5. The van der Waals surface area contributed by atoms with E-state index in [0.717, 1.165) is 22.6 Å². The molecule has 26 heavy (non-hydrogen) atoms. The Morgan fingerprint density at radius 3 is 2.65 bits per heavy atom. The average Bonchev–Trinajstić information content (AvgIpc) is 2.89. The maximum Gasteiger partial charge on any atom is 0.287 e. The van der Waals surface area contributed by atoms with Gasteiger partial charge in [-0.1, -0.05) is 12.1 Å². The lowest BCUT2D eigenvalue weighted by Gasteiger charge is -2.10. The molecule has 7 nitrogen and oxygen atoms in total. The summed E-state index contributed by atoms with van der Waals surface area (Å²) >= 11 is 0. The molecular weight excluding hydrogens is 330 g/mol. The van der Waals surface area contributed by atoms with E-state index in [1.54, 1.807) is 6.21 Å². The van der Waals surface area contributed by atoms with Crippen molar-refractivity contribution in [3.05, 3.63) is 81.3 Å². The predicted octanol–water partition coefficient (Wildman–Crippen LogP) is 4.15. The molecule has 2 heterocycles. The van der Waals surface area contributed by atoms with Crippen LogP contribution >= 0.6 is 0 Å². The number of benzene rings is 1. The molecule has 0 aliphatic rings. The second-order valence-electron chi connectivity index (χ2n) is 6.03. The molecule has 0 saturated heterocycles. The Balaban J connectivity index is 1.79. The van der Waals surface area contributed by atoms with Crippen LogP contribution in [0.15, 0.2) is 53.8 Å². The Morgan fingerprint density at radius 2 is 2.00 bits per heavy atom. The zero-order valence-electron chi connectivity index (χ0n) is 14.8. The molecule has 0 aliphatic heterocycles. The summed E-state index contributed by atoms with van der Waals surface area (Å²) in [5.74, 6) is 0.444. The number of nitro groups is 1. The molecule has 3 aromatic rings. The first kappa shape index (κ1) is 17.3. The quantitative estimate of drug-likeness (QED) is 0.426. The fourth-order valence-electron chi connectivity index (χ4n) is 2.81. The second-order valence-corrected chi connectivity index (χ2v) is 6.03. The Bertz CT molecular complexity index is 974.